The molecule has 0 N–H and O–H groups in total. The van der Waals surface area contributed by atoms with E-state index in [4.69, 9.17) is 4.74 Å². The molecular weight excluding hydrogens is 302 g/mol. The fraction of sp³-hybridized carbons (Fsp3) is 0.368. The third-order valence-electron chi connectivity index (χ3n) is 4.55. The third-order valence-corrected chi connectivity index (χ3v) is 4.55. The van der Waals surface area contributed by atoms with E-state index in [1.54, 1.807) is 20.2 Å². The first-order chi connectivity index (χ1) is 11.7. The zero-order chi connectivity index (χ0) is 16.9. The van der Waals surface area contributed by atoms with E-state index in [1.165, 1.54) is 11.1 Å². The SMILES string of the molecule is COc1ccc([C@H]2CN(C(C)=O)CCN2Cc2cccnc2)cc1. The van der Waals surface area contributed by atoms with Crippen LogP contribution in [0, 0.1) is 0 Å². The number of rotatable bonds is 4. The number of hydrogen-bond acceptors (Lipinski definition) is 4. The number of pyridine rings is 1. The summed E-state index contributed by atoms with van der Waals surface area (Å²) in [7, 11) is 1.67. The predicted octanol–water partition coefficient (Wildman–Crippen LogP) is 2.50. The van der Waals surface area contributed by atoms with Crippen LogP contribution in [0.4, 0.5) is 0 Å². The first-order valence-electron chi connectivity index (χ1n) is 8.20. The molecule has 24 heavy (non-hydrogen) atoms. The standard InChI is InChI=1S/C19H23N3O2/c1-15(23)21-10-11-22(13-16-4-3-9-20-12-16)19(14-21)17-5-7-18(24-2)8-6-17/h3-9,12,19H,10-11,13-14H2,1-2H3/t19-/m1/s1. The van der Waals surface area contributed by atoms with Gasteiger partial charge in [-0.3, -0.25) is 14.7 Å². The number of carbonyl (C=O) groups excluding carboxylic acids is 1. The minimum atomic E-state index is 0.134. The molecule has 1 aliphatic heterocycles. The maximum atomic E-state index is 11.8. The van der Waals surface area contributed by atoms with Gasteiger partial charge in [-0.1, -0.05) is 18.2 Å². The van der Waals surface area contributed by atoms with Crippen molar-refractivity contribution in [3.63, 3.8) is 0 Å². The fourth-order valence-corrected chi connectivity index (χ4v) is 3.16. The van der Waals surface area contributed by atoms with Crippen LogP contribution >= 0.6 is 0 Å². The van der Waals surface area contributed by atoms with Crippen molar-refractivity contribution >= 4 is 5.91 Å². The molecule has 0 bridgehead atoms. The number of aromatic nitrogens is 1. The fourth-order valence-electron chi connectivity index (χ4n) is 3.16. The van der Waals surface area contributed by atoms with Gasteiger partial charge in [-0.05, 0) is 29.3 Å². The van der Waals surface area contributed by atoms with Crippen LogP contribution < -0.4 is 4.74 Å². The maximum absolute atomic E-state index is 11.8. The highest BCUT2D eigenvalue weighted by Gasteiger charge is 2.29. The zero-order valence-corrected chi connectivity index (χ0v) is 14.2. The normalized spacial score (nSPS) is 18.4. The number of benzene rings is 1. The molecule has 0 spiro atoms. The highest BCUT2D eigenvalue weighted by Crippen LogP contribution is 2.28. The van der Waals surface area contributed by atoms with Gasteiger partial charge in [0.25, 0.3) is 0 Å². The minimum Gasteiger partial charge on any atom is -0.497 e. The summed E-state index contributed by atoms with van der Waals surface area (Å²) in [5.74, 6) is 0.978. The topological polar surface area (TPSA) is 45.7 Å². The van der Waals surface area contributed by atoms with E-state index in [0.29, 0.717) is 6.54 Å². The van der Waals surface area contributed by atoms with Crippen LogP contribution in [0.3, 0.4) is 0 Å². The Kier molecular flexibility index (Phi) is 5.11. The summed E-state index contributed by atoms with van der Waals surface area (Å²) in [5.41, 5.74) is 2.39. The van der Waals surface area contributed by atoms with Crippen molar-refractivity contribution in [3.8, 4) is 5.75 Å². The van der Waals surface area contributed by atoms with Crippen LogP contribution in [-0.2, 0) is 11.3 Å². The molecule has 0 radical (unpaired) electrons. The molecule has 5 nitrogen and oxygen atoms in total. The number of amides is 1. The number of piperazine rings is 1. The Labute approximate surface area is 142 Å². The van der Waals surface area contributed by atoms with E-state index < -0.39 is 0 Å². The van der Waals surface area contributed by atoms with E-state index in [9.17, 15) is 4.79 Å². The van der Waals surface area contributed by atoms with Gasteiger partial charge in [0, 0.05) is 45.5 Å². The second-order valence-corrected chi connectivity index (χ2v) is 6.09. The lowest BCUT2D eigenvalue weighted by Crippen LogP contribution is -2.49. The lowest BCUT2D eigenvalue weighted by molar-refractivity contribution is -0.132. The highest BCUT2D eigenvalue weighted by molar-refractivity contribution is 5.73. The molecule has 0 unspecified atom stereocenters. The highest BCUT2D eigenvalue weighted by atomic mass is 16.5. The second-order valence-electron chi connectivity index (χ2n) is 6.09. The van der Waals surface area contributed by atoms with Crippen molar-refractivity contribution < 1.29 is 9.53 Å². The van der Waals surface area contributed by atoms with E-state index in [1.807, 2.05) is 29.3 Å². The molecule has 1 atom stereocenters. The van der Waals surface area contributed by atoms with Crippen LogP contribution in [0.5, 0.6) is 5.75 Å². The van der Waals surface area contributed by atoms with Crippen LogP contribution in [0.1, 0.15) is 24.1 Å². The third kappa shape index (κ3) is 3.74. The smallest absolute Gasteiger partial charge is 0.219 e. The lowest BCUT2D eigenvalue weighted by Gasteiger charge is -2.41. The molecular formula is C19H23N3O2. The summed E-state index contributed by atoms with van der Waals surface area (Å²) in [6, 6.07) is 12.4. The summed E-state index contributed by atoms with van der Waals surface area (Å²) in [5, 5.41) is 0. The minimum absolute atomic E-state index is 0.134. The summed E-state index contributed by atoms with van der Waals surface area (Å²) in [6.07, 6.45) is 3.70. The van der Waals surface area contributed by atoms with Crippen LogP contribution in [0.15, 0.2) is 48.8 Å². The van der Waals surface area contributed by atoms with Crippen molar-refractivity contribution in [3.05, 3.63) is 59.9 Å². The molecule has 1 aromatic carbocycles. The molecule has 0 aliphatic carbocycles. The average Bonchev–Trinajstić information content (AvgIpc) is 2.63. The van der Waals surface area contributed by atoms with Gasteiger partial charge >= 0.3 is 0 Å². The Morgan fingerprint density at radius 2 is 2.04 bits per heavy atom. The molecule has 1 saturated heterocycles. The van der Waals surface area contributed by atoms with E-state index >= 15 is 0 Å². The number of nitrogens with zero attached hydrogens (tertiary/aromatic N) is 3. The van der Waals surface area contributed by atoms with Gasteiger partial charge in [-0.25, -0.2) is 0 Å². The first kappa shape index (κ1) is 16.5. The van der Waals surface area contributed by atoms with Gasteiger partial charge in [0.2, 0.25) is 5.91 Å². The van der Waals surface area contributed by atoms with Gasteiger partial charge in [-0.15, -0.1) is 0 Å². The van der Waals surface area contributed by atoms with Crippen LogP contribution in [-0.4, -0.2) is 47.4 Å². The van der Waals surface area contributed by atoms with E-state index in [-0.39, 0.29) is 11.9 Å². The largest absolute Gasteiger partial charge is 0.497 e. The monoisotopic (exact) mass is 325 g/mol. The number of hydrogen-bond donors (Lipinski definition) is 0. The number of methoxy groups -OCH3 is 1. The van der Waals surface area contributed by atoms with Gasteiger partial charge < -0.3 is 9.64 Å². The van der Waals surface area contributed by atoms with Crippen molar-refractivity contribution in [2.45, 2.75) is 19.5 Å². The van der Waals surface area contributed by atoms with Gasteiger partial charge in [0.15, 0.2) is 0 Å². The van der Waals surface area contributed by atoms with Gasteiger partial charge in [0.05, 0.1) is 13.2 Å². The lowest BCUT2D eigenvalue weighted by atomic mass is 10.0. The first-order valence-corrected chi connectivity index (χ1v) is 8.20. The van der Waals surface area contributed by atoms with E-state index in [0.717, 1.165) is 25.4 Å². The molecule has 5 heteroatoms. The molecule has 1 aliphatic rings. The Balaban J connectivity index is 1.83. The average molecular weight is 325 g/mol. The Morgan fingerprint density at radius 3 is 2.67 bits per heavy atom. The molecule has 1 aromatic heterocycles. The Bertz CT molecular complexity index is 673. The number of carbonyl (C=O) groups is 1. The summed E-state index contributed by atoms with van der Waals surface area (Å²) in [4.78, 5) is 20.4. The molecule has 126 valence electrons. The quantitative estimate of drug-likeness (QED) is 0.866. The van der Waals surface area contributed by atoms with Crippen molar-refractivity contribution in [1.29, 1.82) is 0 Å². The van der Waals surface area contributed by atoms with Crippen molar-refractivity contribution in [2.24, 2.45) is 0 Å². The summed E-state index contributed by atoms with van der Waals surface area (Å²) < 4.78 is 5.25. The molecule has 1 amide bonds. The van der Waals surface area contributed by atoms with Crippen molar-refractivity contribution in [2.75, 3.05) is 26.7 Å². The van der Waals surface area contributed by atoms with Crippen LogP contribution in [0.25, 0.3) is 0 Å². The predicted molar refractivity (Wildman–Crippen MR) is 92.6 cm³/mol. The summed E-state index contributed by atoms with van der Waals surface area (Å²) >= 11 is 0. The second kappa shape index (κ2) is 7.45. The zero-order valence-electron chi connectivity index (χ0n) is 14.2. The molecule has 3 rings (SSSR count). The number of ether oxygens (including phenoxy) is 1. The Morgan fingerprint density at radius 1 is 1.25 bits per heavy atom. The molecule has 2 aromatic rings. The maximum Gasteiger partial charge on any atom is 0.219 e. The van der Waals surface area contributed by atoms with Crippen molar-refractivity contribution in [1.82, 2.24) is 14.8 Å². The van der Waals surface area contributed by atoms with E-state index in [2.05, 4.69) is 28.1 Å². The molecule has 0 saturated carbocycles. The van der Waals surface area contributed by atoms with Crippen LogP contribution in [0.2, 0.25) is 0 Å². The van der Waals surface area contributed by atoms with Gasteiger partial charge in [-0.2, -0.15) is 0 Å². The molecule has 1 fully saturated rings. The summed E-state index contributed by atoms with van der Waals surface area (Å²) in [6.45, 7) is 4.80. The molecule has 2 heterocycles. The van der Waals surface area contributed by atoms with Gasteiger partial charge in [0.1, 0.15) is 5.75 Å². The Hall–Kier alpha value is -2.40.